The Kier molecular flexibility index (Phi) is 7.61. The van der Waals surface area contributed by atoms with Crippen LogP contribution in [0.15, 0.2) is 54.6 Å². The lowest BCUT2D eigenvalue weighted by atomic mass is 10.1. The molecule has 3 aromatic carbocycles. The van der Waals surface area contributed by atoms with Crippen LogP contribution in [0.2, 0.25) is 5.02 Å². The van der Waals surface area contributed by atoms with E-state index in [1.54, 1.807) is 12.1 Å². The second-order valence-corrected chi connectivity index (χ2v) is 8.16. The molecule has 1 N–H and O–H groups in total. The summed E-state index contributed by atoms with van der Waals surface area (Å²) in [4.78, 5) is 0. The molecule has 0 heterocycles. The highest BCUT2D eigenvalue weighted by Crippen LogP contribution is 2.35. The molecule has 0 atom stereocenters. The SMILES string of the molecule is CCOc1cc(CNc2ccc(F)c(Cl)c2)cc(I)c1OCc1ccc(C)cc1. The molecule has 152 valence electrons. The van der Waals surface area contributed by atoms with Crippen molar-refractivity contribution in [3.63, 3.8) is 0 Å². The highest BCUT2D eigenvalue weighted by atomic mass is 127. The van der Waals surface area contributed by atoms with Gasteiger partial charge in [0.25, 0.3) is 0 Å². The maximum atomic E-state index is 13.3. The van der Waals surface area contributed by atoms with Gasteiger partial charge < -0.3 is 14.8 Å². The molecule has 29 heavy (non-hydrogen) atoms. The summed E-state index contributed by atoms with van der Waals surface area (Å²) in [7, 11) is 0. The number of ether oxygens (including phenoxy) is 2. The maximum absolute atomic E-state index is 13.3. The lowest BCUT2D eigenvalue weighted by Crippen LogP contribution is -2.05. The van der Waals surface area contributed by atoms with Gasteiger partial charge in [0.05, 0.1) is 15.2 Å². The van der Waals surface area contributed by atoms with Gasteiger partial charge in [0.15, 0.2) is 11.5 Å². The lowest BCUT2D eigenvalue weighted by Gasteiger charge is -2.16. The molecule has 3 aromatic rings. The smallest absolute Gasteiger partial charge is 0.174 e. The van der Waals surface area contributed by atoms with Crippen molar-refractivity contribution in [1.82, 2.24) is 0 Å². The largest absolute Gasteiger partial charge is 0.490 e. The monoisotopic (exact) mass is 525 g/mol. The number of hydrogen-bond acceptors (Lipinski definition) is 3. The average molecular weight is 526 g/mol. The van der Waals surface area contributed by atoms with Gasteiger partial charge in [-0.25, -0.2) is 4.39 Å². The summed E-state index contributed by atoms with van der Waals surface area (Å²) < 4.78 is 26.2. The van der Waals surface area contributed by atoms with E-state index in [0.29, 0.717) is 25.5 Å². The zero-order valence-corrected chi connectivity index (χ0v) is 19.2. The normalized spacial score (nSPS) is 10.7. The highest BCUT2D eigenvalue weighted by Gasteiger charge is 2.13. The van der Waals surface area contributed by atoms with Crippen molar-refractivity contribution in [3.8, 4) is 11.5 Å². The predicted octanol–water partition coefficient (Wildman–Crippen LogP) is 6.98. The lowest BCUT2D eigenvalue weighted by molar-refractivity contribution is 0.267. The van der Waals surface area contributed by atoms with Gasteiger partial charge in [0.2, 0.25) is 0 Å². The molecule has 0 aliphatic heterocycles. The molecule has 0 bridgehead atoms. The topological polar surface area (TPSA) is 30.5 Å². The minimum Gasteiger partial charge on any atom is -0.490 e. The molecule has 3 rings (SSSR count). The summed E-state index contributed by atoms with van der Waals surface area (Å²) >= 11 is 8.11. The van der Waals surface area contributed by atoms with E-state index in [1.165, 1.54) is 11.6 Å². The molecular weight excluding hydrogens is 504 g/mol. The molecule has 0 aliphatic carbocycles. The minimum atomic E-state index is -0.430. The van der Waals surface area contributed by atoms with E-state index in [0.717, 1.165) is 26.1 Å². The Morgan fingerprint density at radius 2 is 1.76 bits per heavy atom. The fraction of sp³-hybridized carbons (Fsp3) is 0.217. The Morgan fingerprint density at radius 1 is 1.00 bits per heavy atom. The summed E-state index contributed by atoms with van der Waals surface area (Å²) in [5.41, 5.74) is 4.11. The summed E-state index contributed by atoms with van der Waals surface area (Å²) in [6.45, 7) is 5.58. The Balaban J connectivity index is 1.74. The van der Waals surface area contributed by atoms with Gasteiger partial charge in [-0.15, -0.1) is 0 Å². The Hall–Kier alpha value is -1.99. The summed E-state index contributed by atoms with van der Waals surface area (Å²) in [5.74, 6) is 1.02. The molecule has 0 radical (unpaired) electrons. The molecule has 0 aliphatic rings. The summed E-state index contributed by atoms with van der Waals surface area (Å²) in [6.07, 6.45) is 0. The van der Waals surface area contributed by atoms with Crippen LogP contribution in [-0.4, -0.2) is 6.61 Å². The van der Waals surface area contributed by atoms with Gasteiger partial charge in [-0.05, 0) is 77.9 Å². The van der Waals surface area contributed by atoms with Gasteiger partial charge >= 0.3 is 0 Å². The average Bonchev–Trinajstić information content (AvgIpc) is 2.70. The Morgan fingerprint density at radius 3 is 2.45 bits per heavy atom. The van der Waals surface area contributed by atoms with E-state index in [4.69, 9.17) is 21.1 Å². The first-order valence-corrected chi connectivity index (χ1v) is 10.7. The quantitative estimate of drug-likeness (QED) is 0.322. The third-order valence-corrected chi connectivity index (χ3v) is 5.38. The van der Waals surface area contributed by atoms with Crippen LogP contribution in [0.4, 0.5) is 10.1 Å². The molecule has 0 unspecified atom stereocenters. The molecular formula is C23H22ClFINO2. The fourth-order valence-electron chi connectivity index (χ4n) is 2.78. The van der Waals surface area contributed by atoms with Crippen LogP contribution in [0.3, 0.4) is 0 Å². The molecule has 0 aromatic heterocycles. The highest BCUT2D eigenvalue weighted by molar-refractivity contribution is 14.1. The Bertz CT molecular complexity index is 979. The maximum Gasteiger partial charge on any atom is 0.174 e. The van der Waals surface area contributed by atoms with Crippen LogP contribution in [0.1, 0.15) is 23.6 Å². The van der Waals surface area contributed by atoms with Gasteiger partial charge in [0, 0.05) is 12.2 Å². The van der Waals surface area contributed by atoms with Crippen LogP contribution in [-0.2, 0) is 13.2 Å². The molecule has 0 amide bonds. The number of aryl methyl sites for hydroxylation is 1. The van der Waals surface area contributed by atoms with Crippen molar-refractivity contribution in [3.05, 3.63) is 85.7 Å². The number of nitrogens with one attached hydrogen (secondary N) is 1. The molecule has 0 saturated carbocycles. The first-order valence-electron chi connectivity index (χ1n) is 9.28. The number of rotatable bonds is 8. The first kappa shape index (κ1) is 21.7. The fourth-order valence-corrected chi connectivity index (χ4v) is 3.78. The summed E-state index contributed by atoms with van der Waals surface area (Å²) in [5, 5.41) is 3.35. The standard InChI is InChI=1S/C23H22ClFINO2/c1-3-28-22-11-17(13-27-18-8-9-20(25)19(24)12-18)10-21(26)23(22)29-14-16-6-4-15(2)5-7-16/h4-12,27H,3,13-14H2,1-2H3. The predicted molar refractivity (Wildman–Crippen MR) is 125 cm³/mol. The molecule has 0 saturated heterocycles. The van der Waals surface area contributed by atoms with E-state index in [2.05, 4.69) is 59.1 Å². The van der Waals surface area contributed by atoms with Crippen LogP contribution in [0.5, 0.6) is 11.5 Å². The van der Waals surface area contributed by atoms with Gasteiger partial charge in [-0.1, -0.05) is 41.4 Å². The zero-order chi connectivity index (χ0) is 20.8. The van der Waals surface area contributed by atoms with Crippen molar-refractivity contribution in [1.29, 1.82) is 0 Å². The Labute approximate surface area is 189 Å². The number of anilines is 1. The molecule has 0 spiro atoms. The first-order chi connectivity index (χ1) is 14.0. The zero-order valence-electron chi connectivity index (χ0n) is 16.3. The number of hydrogen-bond donors (Lipinski definition) is 1. The molecule has 0 fully saturated rings. The van der Waals surface area contributed by atoms with Crippen molar-refractivity contribution in [2.45, 2.75) is 27.0 Å². The second-order valence-electron chi connectivity index (χ2n) is 6.59. The third kappa shape index (κ3) is 6.00. The third-order valence-electron chi connectivity index (χ3n) is 4.29. The van der Waals surface area contributed by atoms with E-state index in [1.807, 2.05) is 19.1 Å². The van der Waals surface area contributed by atoms with Gasteiger partial charge in [-0.3, -0.25) is 0 Å². The molecule has 6 heteroatoms. The summed E-state index contributed by atoms with van der Waals surface area (Å²) in [6, 6.07) is 16.9. The van der Waals surface area contributed by atoms with Crippen LogP contribution < -0.4 is 14.8 Å². The molecule has 3 nitrogen and oxygen atoms in total. The van der Waals surface area contributed by atoms with Crippen LogP contribution in [0, 0.1) is 16.3 Å². The van der Waals surface area contributed by atoms with E-state index >= 15 is 0 Å². The minimum absolute atomic E-state index is 0.0967. The van der Waals surface area contributed by atoms with E-state index in [9.17, 15) is 4.39 Å². The van der Waals surface area contributed by atoms with Crippen LogP contribution >= 0.6 is 34.2 Å². The van der Waals surface area contributed by atoms with Crippen LogP contribution in [0.25, 0.3) is 0 Å². The van der Waals surface area contributed by atoms with Gasteiger partial charge in [0.1, 0.15) is 12.4 Å². The number of benzene rings is 3. The van der Waals surface area contributed by atoms with Crippen molar-refractivity contribution < 1.29 is 13.9 Å². The number of halogens is 3. The van der Waals surface area contributed by atoms with Gasteiger partial charge in [-0.2, -0.15) is 0 Å². The van der Waals surface area contributed by atoms with Crippen molar-refractivity contribution in [2.75, 3.05) is 11.9 Å². The van der Waals surface area contributed by atoms with Crippen molar-refractivity contribution in [2.24, 2.45) is 0 Å². The second kappa shape index (κ2) is 10.2. The van der Waals surface area contributed by atoms with Crippen molar-refractivity contribution >= 4 is 39.9 Å². The van der Waals surface area contributed by atoms with E-state index in [-0.39, 0.29) is 5.02 Å². The van der Waals surface area contributed by atoms with E-state index < -0.39 is 5.82 Å².